The summed E-state index contributed by atoms with van der Waals surface area (Å²) in [5.74, 6) is 0.812. The van der Waals surface area contributed by atoms with E-state index < -0.39 is 0 Å². The third-order valence-electron chi connectivity index (χ3n) is 3.89. The molecule has 1 aliphatic rings. The molecule has 1 aliphatic carbocycles. The van der Waals surface area contributed by atoms with E-state index in [9.17, 15) is 10.1 Å². The molecule has 0 heterocycles. The number of para-hydroxylation sites is 2. The van der Waals surface area contributed by atoms with Crippen LogP contribution in [0.3, 0.4) is 0 Å². The van der Waals surface area contributed by atoms with Crippen molar-refractivity contribution in [3.8, 4) is 5.75 Å². The highest BCUT2D eigenvalue weighted by atomic mass is 16.6. The molecule has 0 saturated heterocycles. The summed E-state index contributed by atoms with van der Waals surface area (Å²) in [5, 5.41) is 11.3. The standard InChI is InChI=1S/C17H18N2O3/c1-22-15-10-6-13(7-11-15)12-18(14-8-9-14)16-4-2-3-5-17(16)19(20)21/h2-7,10-11,14H,8-9,12H2,1H3. The second-order valence-corrected chi connectivity index (χ2v) is 5.45. The molecule has 0 spiro atoms. The van der Waals surface area contributed by atoms with Gasteiger partial charge in [-0.1, -0.05) is 24.3 Å². The van der Waals surface area contributed by atoms with Crippen LogP contribution < -0.4 is 9.64 Å². The van der Waals surface area contributed by atoms with Crippen LogP contribution in [0.4, 0.5) is 11.4 Å². The van der Waals surface area contributed by atoms with E-state index in [1.807, 2.05) is 36.4 Å². The molecule has 0 N–H and O–H groups in total. The van der Waals surface area contributed by atoms with Gasteiger partial charge in [0.25, 0.3) is 5.69 Å². The topological polar surface area (TPSA) is 55.6 Å². The van der Waals surface area contributed by atoms with E-state index in [0.29, 0.717) is 18.3 Å². The van der Waals surface area contributed by atoms with Crippen molar-refractivity contribution in [3.05, 3.63) is 64.2 Å². The molecule has 0 unspecified atom stereocenters. The Balaban J connectivity index is 1.88. The van der Waals surface area contributed by atoms with Gasteiger partial charge in [-0.15, -0.1) is 0 Å². The van der Waals surface area contributed by atoms with Crippen molar-refractivity contribution in [2.24, 2.45) is 0 Å². The van der Waals surface area contributed by atoms with E-state index in [2.05, 4.69) is 4.90 Å². The smallest absolute Gasteiger partial charge is 0.292 e. The highest BCUT2D eigenvalue weighted by molar-refractivity contribution is 5.64. The summed E-state index contributed by atoms with van der Waals surface area (Å²) in [4.78, 5) is 13.1. The molecule has 0 aromatic heterocycles. The van der Waals surface area contributed by atoms with Crippen LogP contribution in [0.15, 0.2) is 48.5 Å². The van der Waals surface area contributed by atoms with Gasteiger partial charge in [0.2, 0.25) is 0 Å². The minimum Gasteiger partial charge on any atom is -0.497 e. The average Bonchev–Trinajstić information content (AvgIpc) is 3.38. The first-order valence-corrected chi connectivity index (χ1v) is 7.32. The lowest BCUT2D eigenvalue weighted by Crippen LogP contribution is -2.25. The lowest BCUT2D eigenvalue weighted by molar-refractivity contribution is -0.384. The number of hydrogen-bond acceptors (Lipinski definition) is 4. The molecule has 2 aromatic carbocycles. The van der Waals surface area contributed by atoms with Crippen molar-refractivity contribution < 1.29 is 9.66 Å². The van der Waals surface area contributed by atoms with Crippen LogP contribution in [0.5, 0.6) is 5.75 Å². The van der Waals surface area contributed by atoms with Crippen LogP contribution in [0.25, 0.3) is 0 Å². The number of nitro benzene ring substituents is 1. The van der Waals surface area contributed by atoms with Gasteiger partial charge in [-0.2, -0.15) is 0 Å². The van der Waals surface area contributed by atoms with Crippen molar-refractivity contribution in [2.75, 3.05) is 12.0 Å². The maximum atomic E-state index is 11.3. The maximum Gasteiger partial charge on any atom is 0.292 e. The normalized spacial score (nSPS) is 13.7. The van der Waals surface area contributed by atoms with Gasteiger partial charge < -0.3 is 9.64 Å². The summed E-state index contributed by atoms with van der Waals surface area (Å²) in [6.07, 6.45) is 2.17. The molecule has 3 rings (SSSR count). The van der Waals surface area contributed by atoms with Crippen LogP contribution in [0.1, 0.15) is 18.4 Å². The van der Waals surface area contributed by atoms with E-state index in [0.717, 1.165) is 24.2 Å². The summed E-state index contributed by atoms with van der Waals surface area (Å²) < 4.78 is 5.17. The maximum absolute atomic E-state index is 11.3. The number of nitro groups is 1. The van der Waals surface area contributed by atoms with E-state index in [1.165, 1.54) is 0 Å². The molecule has 2 aromatic rings. The van der Waals surface area contributed by atoms with Crippen LogP contribution in [0.2, 0.25) is 0 Å². The lowest BCUT2D eigenvalue weighted by atomic mass is 10.1. The zero-order chi connectivity index (χ0) is 15.5. The van der Waals surface area contributed by atoms with Gasteiger partial charge in [0.1, 0.15) is 11.4 Å². The van der Waals surface area contributed by atoms with E-state index >= 15 is 0 Å². The van der Waals surface area contributed by atoms with Crippen LogP contribution in [-0.2, 0) is 6.54 Å². The van der Waals surface area contributed by atoms with Gasteiger partial charge in [0.05, 0.1) is 12.0 Å². The molecule has 114 valence electrons. The summed E-state index contributed by atoms with van der Waals surface area (Å²) in [6.45, 7) is 0.666. The summed E-state index contributed by atoms with van der Waals surface area (Å²) >= 11 is 0. The predicted molar refractivity (Wildman–Crippen MR) is 85.3 cm³/mol. The van der Waals surface area contributed by atoms with Crippen LogP contribution in [-0.4, -0.2) is 18.1 Å². The van der Waals surface area contributed by atoms with Crippen molar-refractivity contribution >= 4 is 11.4 Å². The quantitative estimate of drug-likeness (QED) is 0.601. The van der Waals surface area contributed by atoms with Gasteiger partial charge >= 0.3 is 0 Å². The highest BCUT2D eigenvalue weighted by Crippen LogP contribution is 2.37. The Morgan fingerprint density at radius 2 is 1.86 bits per heavy atom. The molecule has 5 nitrogen and oxygen atoms in total. The van der Waals surface area contributed by atoms with Crippen molar-refractivity contribution in [1.29, 1.82) is 0 Å². The van der Waals surface area contributed by atoms with Gasteiger partial charge in [-0.25, -0.2) is 0 Å². The van der Waals surface area contributed by atoms with Crippen molar-refractivity contribution in [3.63, 3.8) is 0 Å². The number of methoxy groups -OCH3 is 1. The minimum absolute atomic E-state index is 0.169. The molecule has 22 heavy (non-hydrogen) atoms. The number of benzene rings is 2. The Kier molecular flexibility index (Phi) is 3.96. The van der Waals surface area contributed by atoms with Gasteiger partial charge in [-0.3, -0.25) is 10.1 Å². The van der Waals surface area contributed by atoms with Crippen LogP contribution in [0, 0.1) is 10.1 Å². The fraction of sp³-hybridized carbons (Fsp3) is 0.294. The first kappa shape index (κ1) is 14.4. The molecule has 0 radical (unpaired) electrons. The Labute approximate surface area is 129 Å². The van der Waals surface area contributed by atoms with Crippen molar-refractivity contribution in [1.82, 2.24) is 0 Å². The van der Waals surface area contributed by atoms with Crippen LogP contribution >= 0.6 is 0 Å². The monoisotopic (exact) mass is 298 g/mol. The molecular formula is C17H18N2O3. The minimum atomic E-state index is -0.307. The second kappa shape index (κ2) is 6.05. The first-order chi connectivity index (χ1) is 10.7. The molecule has 1 fully saturated rings. The summed E-state index contributed by atoms with van der Waals surface area (Å²) in [6, 6.07) is 15.2. The van der Waals surface area contributed by atoms with E-state index in [4.69, 9.17) is 4.74 Å². The van der Waals surface area contributed by atoms with Gasteiger partial charge in [0.15, 0.2) is 0 Å². The molecule has 5 heteroatoms. The summed E-state index contributed by atoms with van der Waals surface area (Å²) in [5.41, 5.74) is 1.99. The molecule has 0 amide bonds. The molecule has 0 bridgehead atoms. The predicted octanol–water partition coefficient (Wildman–Crippen LogP) is 3.77. The highest BCUT2D eigenvalue weighted by Gasteiger charge is 2.32. The fourth-order valence-corrected chi connectivity index (χ4v) is 2.59. The largest absolute Gasteiger partial charge is 0.497 e. The zero-order valence-electron chi connectivity index (χ0n) is 12.4. The first-order valence-electron chi connectivity index (χ1n) is 7.32. The molecular weight excluding hydrogens is 280 g/mol. The summed E-state index contributed by atoms with van der Waals surface area (Å²) in [7, 11) is 1.64. The number of nitrogens with zero attached hydrogens (tertiary/aromatic N) is 2. The fourth-order valence-electron chi connectivity index (χ4n) is 2.59. The van der Waals surface area contributed by atoms with E-state index in [-0.39, 0.29) is 10.6 Å². The SMILES string of the molecule is COc1ccc(CN(c2ccccc2[N+](=O)[O-])C2CC2)cc1. The Hall–Kier alpha value is -2.56. The average molecular weight is 298 g/mol. The van der Waals surface area contributed by atoms with Crippen molar-refractivity contribution in [2.45, 2.75) is 25.4 Å². The number of ether oxygens (including phenoxy) is 1. The molecule has 1 saturated carbocycles. The molecule has 0 aliphatic heterocycles. The Morgan fingerprint density at radius 1 is 1.18 bits per heavy atom. The lowest BCUT2D eigenvalue weighted by Gasteiger charge is -2.24. The third kappa shape index (κ3) is 3.03. The number of hydrogen-bond donors (Lipinski definition) is 0. The Morgan fingerprint density at radius 3 is 2.45 bits per heavy atom. The zero-order valence-corrected chi connectivity index (χ0v) is 12.4. The van der Waals surface area contributed by atoms with Gasteiger partial charge in [0, 0.05) is 18.7 Å². The number of rotatable bonds is 6. The van der Waals surface area contributed by atoms with E-state index in [1.54, 1.807) is 19.2 Å². The number of anilines is 1. The third-order valence-corrected chi connectivity index (χ3v) is 3.89. The Bertz CT molecular complexity index is 666. The second-order valence-electron chi connectivity index (χ2n) is 5.45. The molecule has 0 atom stereocenters. The van der Waals surface area contributed by atoms with Gasteiger partial charge in [-0.05, 0) is 36.6 Å².